The molecule has 0 aromatic heterocycles. The minimum atomic E-state index is -3.13. The Kier molecular flexibility index (Phi) is 2.72. The van der Waals surface area contributed by atoms with E-state index >= 15 is 0 Å². The summed E-state index contributed by atoms with van der Waals surface area (Å²) in [5.41, 5.74) is -4.25. The maximum atomic E-state index is 11.8. The third kappa shape index (κ3) is 1.86. The van der Waals surface area contributed by atoms with Gasteiger partial charge in [-0.05, 0) is 0 Å². The van der Waals surface area contributed by atoms with Crippen LogP contribution in [0, 0.1) is 0 Å². The van der Waals surface area contributed by atoms with Crippen LogP contribution in [0.15, 0.2) is 11.5 Å². The maximum absolute atomic E-state index is 11.8. The van der Waals surface area contributed by atoms with Crippen LogP contribution in [0.1, 0.15) is 13.8 Å². The van der Waals surface area contributed by atoms with Crippen molar-refractivity contribution < 1.29 is 38.9 Å². The summed E-state index contributed by atoms with van der Waals surface area (Å²) in [6.07, 6.45) is 0. The summed E-state index contributed by atoms with van der Waals surface area (Å²) in [6.45, 7) is 2.57. The molecule has 2 aliphatic rings. The Hall–Kier alpha value is -2.62. The summed E-state index contributed by atoms with van der Waals surface area (Å²) in [4.78, 5) is 46.0. The molecule has 4 N–H and O–H groups in total. The molecule has 0 atom stereocenters. The monoisotopic (exact) mass is 286 g/mol. The SMILES string of the molecule is CC1(C)OC(=O)C(C2(O)C(=O)NC(=O)NC2=O)=C(O)O1. The second kappa shape index (κ2) is 3.93. The summed E-state index contributed by atoms with van der Waals surface area (Å²) >= 11 is 0. The Labute approximate surface area is 111 Å². The summed E-state index contributed by atoms with van der Waals surface area (Å²) < 4.78 is 9.50. The van der Waals surface area contributed by atoms with Crippen LogP contribution in [0.2, 0.25) is 0 Å². The number of nitrogens with one attached hydrogen (secondary N) is 2. The highest BCUT2D eigenvalue weighted by atomic mass is 16.8. The van der Waals surface area contributed by atoms with Gasteiger partial charge in [0.15, 0.2) is 5.57 Å². The van der Waals surface area contributed by atoms with E-state index in [9.17, 15) is 29.4 Å². The van der Waals surface area contributed by atoms with Crippen molar-refractivity contribution in [1.82, 2.24) is 10.6 Å². The highest BCUT2D eigenvalue weighted by Gasteiger charge is 2.59. The molecular formula is C10H10N2O8. The molecule has 10 nitrogen and oxygen atoms in total. The van der Waals surface area contributed by atoms with Crippen molar-refractivity contribution in [2.24, 2.45) is 0 Å². The lowest BCUT2D eigenvalue weighted by Gasteiger charge is -2.36. The van der Waals surface area contributed by atoms with Crippen LogP contribution >= 0.6 is 0 Å². The molecule has 108 valence electrons. The highest BCUT2D eigenvalue weighted by Crippen LogP contribution is 2.32. The summed E-state index contributed by atoms with van der Waals surface area (Å²) in [6, 6.07) is -1.17. The van der Waals surface area contributed by atoms with Crippen LogP contribution in [-0.2, 0) is 23.9 Å². The number of carbonyl (C=O) groups excluding carboxylic acids is 4. The van der Waals surface area contributed by atoms with Gasteiger partial charge in [0.05, 0.1) is 0 Å². The third-order valence-corrected chi connectivity index (χ3v) is 2.57. The van der Waals surface area contributed by atoms with Crippen LogP contribution < -0.4 is 10.6 Å². The predicted octanol–water partition coefficient (Wildman–Crippen LogP) is -1.84. The molecule has 1 fully saturated rings. The number of barbiturate groups is 1. The molecule has 0 saturated carbocycles. The first-order valence-corrected chi connectivity index (χ1v) is 5.33. The number of carbonyl (C=O) groups is 4. The number of aliphatic hydroxyl groups excluding tert-OH is 1. The van der Waals surface area contributed by atoms with Gasteiger partial charge in [-0.3, -0.25) is 20.2 Å². The van der Waals surface area contributed by atoms with Gasteiger partial charge in [0, 0.05) is 13.8 Å². The summed E-state index contributed by atoms with van der Waals surface area (Å²) in [5.74, 6) is -7.03. The predicted molar refractivity (Wildman–Crippen MR) is 57.5 cm³/mol. The zero-order valence-corrected chi connectivity index (χ0v) is 10.3. The van der Waals surface area contributed by atoms with E-state index in [1.54, 1.807) is 10.6 Å². The van der Waals surface area contributed by atoms with Crippen LogP contribution in [0.4, 0.5) is 4.79 Å². The number of esters is 1. The van der Waals surface area contributed by atoms with Gasteiger partial charge in [-0.1, -0.05) is 0 Å². The number of aliphatic hydroxyl groups is 2. The Morgan fingerprint density at radius 3 is 1.95 bits per heavy atom. The first-order chi connectivity index (χ1) is 9.08. The van der Waals surface area contributed by atoms with Gasteiger partial charge in [0.1, 0.15) is 0 Å². The number of ether oxygens (including phenoxy) is 2. The molecule has 0 aliphatic carbocycles. The maximum Gasteiger partial charge on any atom is 0.348 e. The van der Waals surface area contributed by atoms with E-state index in [1.807, 2.05) is 0 Å². The largest absolute Gasteiger partial charge is 0.480 e. The minimum absolute atomic E-state index is 1.11. The molecule has 4 amide bonds. The number of imide groups is 2. The number of cyclic esters (lactones) is 1. The lowest BCUT2D eigenvalue weighted by molar-refractivity contribution is -0.226. The fourth-order valence-corrected chi connectivity index (χ4v) is 1.72. The molecule has 1 saturated heterocycles. The van der Waals surface area contributed by atoms with Crippen molar-refractivity contribution in [1.29, 1.82) is 0 Å². The molecule has 0 radical (unpaired) electrons. The van der Waals surface area contributed by atoms with Gasteiger partial charge in [-0.15, -0.1) is 0 Å². The van der Waals surface area contributed by atoms with E-state index < -0.39 is 46.7 Å². The molecular weight excluding hydrogens is 276 g/mol. The highest BCUT2D eigenvalue weighted by molar-refractivity contribution is 6.26. The molecule has 20 heavy (non-hydrogen) atoms. The van der Waals surface area contributed by atoms with Crippen molar-refractivity contribution >= 4 is 23.8 Å². The summed E-state index contributed by atoms with van der Waals surface area (Å²) in [7, 11) is 0. The number of urea groups is 1. The fourth-order valence-electron chi connectivity index (χ4n) is 1.72. The van der Waals surface area contributed by atoms with Crippen molar-refractivity contribution in [3.05, 3.63) is 11.5 Å². The lowest BCUT2D eigenvalue weighted by atomic mass is 9.90. The average molecular weight is 286 g/mol. The minimum Gasteiger partial charge on any atom is -0.480 e. The average Bonchev–Trinajstić information content (AvgIpc) is 2.23. The number of hydrogen-bond acceptors (Lipinski definition) is 8. The van der Waals surface area contributed by atoms with Crippen molar-refractivity contribution in [2.45, 2.75) is 25.2 Å². The fraction of sp³-hybridized carbons (Fsp3) is 0.400. The van der Waals surface area contributed by atoms with E-state index in [-0.39, 0.29) is 0 Å². The molecule has 0 spiro atoms. The molecule has 0 unspecified atom stereocenters. The molecule has 2 rings (SSSR count). The van der Waals surface area contributed by atoms with E-state index in [0.717, 1.165) is 0 Å². The van der Waals surface area contributed by atoms with Gasteiger partial charge < -0.3 is 19.7 Å². The second-order valence-electron chi connectivity index (χ2n) is 4.52. The van der Waals surface area contributed by atoms with Crippen LogP contribution in [-0.4, -0.2) is 45.4 Å². The van der Waals surface area contributed by atoms with Crippen molar-refractivity contribution in [3.63, 3.8) is 0 Å². The molecule has 2 aliphatic heterocycles. The van der Waals surface area contributed by atoms with E-state index in [1.165, 1.54) is 13.8 Å². The molecule has 10 heteroatoms. The normalized spacial score (nSPS) is 24.6. The van der Waals surface area contributed by atoms with E-state index in [4.69, 9.17) is 9.47 Å². The molecule has 0 aromatic carbocycles. The first-order valence-electron chi connectivity index (χ1n) is 5.33. The first kappa shape index (κ1) is 13.8. The quantitative estimate of drug-likeness (QED) is 0.324. The van der Waals surface area contributed by atoms with Crippen LogP contribution in [0.25, 0.3) is 0 Å². The van der Waals surface area contributed by atoms with Gasteiger partial charge in [-0.25, -0.2) is 9.59 Å². The lowest BCUT2D eigenvalue weighted by Crippen LogP contribution is -2.69. The third-order valence-electron chi connectivity index (χ3n) is 2.57. The van der Waals surface area contributed by atoms with Crippen LogP contribution in [0.5, 0.6) is 0 Å². The molecule has 2 heterocycles. The van der Waals surface area contributed by atoms with Crippen LogP contribution in [0.3, 0.4) is 0 Å². The van der Waals surface area contributed by atoms with Gasteiger partial charge >= 0.3 is 12.0 Å². The zero-order valence-electron chi connectivity index (χ0n) is 10.3. The number of rotatable bonds is 1. The Bertz CT molecular complexity index is 556. The smallest absolute Gasteiger partial charge is 0.348 e. The van der Waals surface area contributed by atoms with Gasteiger partial charge in [-0.2, -0.15) is 0 Å². The van der Waals surface area contributed by atoms with E-state index in [2.05, 4.69) is 0 Å². The zero-order chi connectivity index (χ0) is 15.3. The number of amides is 4. The number of hydrogen-bond donors (Lipinski definition) is 4. The van der Waals surface area contributed by atoms with Crippen molar-refractivity contribution in [2.75, 3.05) is 0 Å². The molecule has 0 bridgehead atoms. The van der Waals surface area contributed by atoms with E-state index in [0.29, 0.717) is 0 Å². The Balaban J connectivity index is 2.54. The van der Waals surface area contributed by atoms with Gasteiger partial charge in [0.2, 0.25) is 0 Å². The Morgan fingerprint density at radius 1 is 1.00 bits per heavy atom. The van der Waals surface area contributed by atoms with Gasteiger partial charge in [0.25, 0.3) is 29.1 Å². The topological polar surface area (TPSA) is 151 Å². The molecule has 0 aromatic rings. The summed E-state index contributed by atoms with van der Waals surface area (Å²) in [5, 5.41) is 22.9. The second-order valence-corrected chi connectivity index (χ2v) is 4.52. The van der Waals surface area contributed by atoms with Crippen molar-refractivity contribution in [3.8, 4) is 0 Å². The Morgan fingerprint density at radius 2 is 1.50 bits per heavy atom. The standard InChI is InChI=1S/C10H10N2O8/c1-9(2)19-4(13)3(5(14)20-9)10(18)6(15)11-8(17)12-7(10)16/h13,18H,1-2H3,(H2,11,12,15,16,17).